The quantitative estimate of drug-likeness (QED) is 0.0895. The number of carbonyl (C=O) groups is 5. The van der Waals surface area contributed by atoms with Gasteiger partial charge in [-0.15, -0.1) is 0 Å². The van der Waals surface area contributed by atoms with E-state index in [0.717, 1.165) is 5.56 Å². The molecule has 1 aliphatic heterocycles. The minimum atomic E-state index is -1.18. The second-order valence-corrected chi connectivity index (χ2v) is 15.3. The minimum absolute atomic E-state index is 0.0687. The molecule has 3 N–H and O–H groups in total. The molecule has 0 bridgehead atoms. The SMILES string of the molecule is CCC(C)C(C(CC(=O)N1CCC[C@H]1C(OC)C(C)C(=O)NC(Cc1ccccc1)C(=O)O)OC)N(C)C(=O)C(NC(=O)C(C(C)C)N(C)C)C(C)N=[N+]=[N-]. The largest absolute Gasteiger partial charge is 0.480 e. The van der Waals surface area contributed by atoms with Crippen LogP contribution < -0.4 is 10.6 Å². The third-order valence-corrected chi connectivity index (χ3v) is 10.9. The van der Waals surface area contributed by atoms with Crippen molar-refractivity contribution >= 4 is 29.6 Å². The Balaban J connectivity index is 2.33. The van der Waals surface area contributed by atoms with E-state index in [1.54, 1.807) is 69.1 Å². The van der Waals surface area contributed by atoms with Crippen LogP contribution in [0, 0.1) is 17.8 Å². The fraction of sp³-hybridized carbons (Fsp3) is 0.718. The van der Waals surface area contributed by atoms with Crippen LogP contribution in [0.4, 0.5) is 0 Å². The van der Waals surface area contributed by atoms with E-state index in [9.17, 15) is 34.6 Å². The average molecular weight is 773 g/mol. The zero-order chi connectivity index (χ0) is 41.6. The van der Waals surface area contributed by atoms with Gasteiger partial charge in [-0.05, 0) is 49.9 Å². The van der Waals surface area contributed by atoms with Crippen LogP contribution in [0.25, 0.3) is 10.4 Å². The highest BCUT2D eigenvalue weighted by Crippen LogP contribution is 2.30. The Bertz CT molecular complexity index is 1460. The molecule has 1 saturated heterocycles. The number of carboxylic acid groups (broad SMARTS) is 1. The van der Waals surface area contributed by atoms with E-state index in [4.69, 9.17) is 9.47 Å². The molecular weight excluding hydrogens is 708 g/mol. The van der Waals surface area contributed by atoms with Gasteiger partial charge >= 0.3 is 5.97 Å². The van der Waals surface area contributed by atoms with E-state index >= 15 is 0 Å². The number of hydrogen-bond acceptors (Lipinski definition) is 9. The molecule has 16 nitrogen and oxygen atoms in total. The maximum Gasteiger partial charge on any atom is 0.326 e. The number of nitrogens with one attached hydrogen (secondary N) is 2. The predicted octanol–water partition coefficient (Wildman–Crippen LogP) is 3.49. The Morgan fingerprint density at radius 1 is 1.00 bits per heavy atom. The van der Waals surface area contributed by atoms with E-state index in [2.05, 4.69) is 20.7 Å². The third-order valence-electron chi connectivity index (χ3n) is 10.9. The van der Waals surface area contributed by atoms with Crippen molar-refractivity contribution in [2.75, 3.05) is 41.9 Å². The van der Waals surface area contributed by atoms with Crippen LogP contribution in [0.3, 0.4) is 0 Å². The number of aliphatic carboxylic acids is 1. The van der Waals surface area contributed by atoms with Gasteiger partial charge in [-0.2, -0.15) is 0 Å². The normalized spacial score (nSPS) is 19.2. The van der Waals surface area contributed by atoms with Crippen LogP contribution in [0.5, 0.6) is 0 Å². The van der Waals surface area contributed by atoms with Crippen molar-refractivity contribution in [3.05, 3.63) is 46.3 Å². The average Bonchev–Trinajstić information content (AvgIpc) is 3.62. The number of benzene rings is 1. The van der Waals surface area contributed by atoms with E-state index in [1.807, 2.05) is 33.8 Å². The number of rotatable bonds is 22. The van der Waals surface area contributed by atoms with Gasteiger partial charge in [-0.1, -0.05) is 83.4 Å². The van der Waals surface area contributed by atoms with Crippen LogP contribution in [-0.2, 0) is 39.9 Å². The van der Waals surface area contributed by atoms with Crippen LogP contribution in [0.15, 0.2) is 35.4 Å². The van der Waals surface area contributed by atoms with Crippen LogP contribution in [0.2, 0.25) is 0 Å². The molecule has 9 unspecified atom stereocenters. The number of azide groups is 1. The van der Waals surface area contributed by atoms with Crippen molar-refractivity contribution < 1.29 is 38.6 Å². The number of methoxy groups -OCH3 is 2. The lowest BCUT2D eigenvalue weighted by atomic mass is 9.89. The molecule has 4 amide bonds. The van der Waals surface area contributed by atoms with Gasteiger partial charge < -0.3 is 35.0 Å². The first kappa shape index (κ1) is 46.9. The van der Waals surface area contributed by atoms with Crippen molar-refractivity contribution in [1.29, 1.82) is 0 Å². The number of likely N-dealkylation sites (tertiary alicyclic amines) is 1. The molecule has 1 heterocycles. The molecule has 0 saturated carbocycles. The lowest BCUT2D eigenvalue weighted by molar-refractivity contribution is -0.148. The summed E-state index contributed by atoms with van der Waals surface area (Å²) in [5.74, 6) is -3.77. The molecule has 0 aromatic heterocycles. The lowest BCUT2D eigenvalue weighted by Crippen LogP contribution is -2.60. The molecule has 10 atom stereocenters. The van der Waals surface area contributed by atoms with E-state index in [-0.39, 0.29) is 36.5 Å². The lowest BCUT2D eigenvalue weighted by Gasteiger charge is -2.41. The second-order valence-electron chi connectivity index (χ2n) is 15.3. The highest BCUT2D eigenvalue weighted by molar-refractivity contribution is 5.91. The molecule has 16 heteroatoms. The Morgan fingerprint density at radius 2 is 1.64 bits per heavy atom. The standard InChI is InChI=1S/C39H64N8O8/c1-12-24(4)34(46(9)38(51)32(26(6)43-44-40)42-37(50)33(23(2)3)45(7)8)30(54-10)22-31(48)47-20-16-19-29(47)35(55-11)25(5)36(49)41-28(39(52)53)21-27-17-14-13-15-18-27/h13-15,17-18,23-26,28-30,32-35H,12,16,19-22H2,1-11H3,(H,41,49)(H,42,50)(H,52,53)/t24?,25?,26?,28?,29-,30?,32?,33?,34?,35?/m0/s1. The molecule has 1 aromatic carbocycles. The summed E-state index contributed by atoms with van der Waals surface area (Å²) in [6, 6.07) is 4.17. The molecule has 55 heavy (non-hydrogen) atoms. The number of nitrogens with zero attached hydrogens (tertiary/aromatic N) is 6. The fourth-order valence-corrected chi connectivity index (χ4v) is 7.79. The highest BCUT2D eigenvalue weighted by atomic mass is 16.5. The second kappa shape index (κ2) is 22.3. The summed E-state index contributed by atoms with van der Waals surface area (Å²) in [7, 11) is 8.12. The number of carboxylic acids is 1. The first-order valence-electron chi connectivity index (χ1n) is 19.1. The van der Waals surface area contributed by atoms with Crippen molar-refractivity contribution in [3.63, 3.8) is 0 Å². The van der Waals surface area contributed by atoms with Gasteiger partial charge in [0.05, 0.1) is 48.7 Å². The molecule has 1 aliphatic rings. The first-order chi connectivity index (χ1) is 25.9. The summed E-state index contributed by atoms with van der Waals surface area (Å²) in [4.78, 5) is 75.4. The monoisotopic (exact) mass is 772 g/mol. The zero-order valence-corrected chi connectivity index (χ0v) is 34.5. The number of carbonyl (C=O) groups excluding carboxylic acids is 4. The fourth-order valence-electron chi connectivity index (χ4n) is 7.79. The van der Waals surface area contributed by atoms with Crippen molar-refractivity contribution in [3.8, 4) is 0 Å². The molecule has 2 rings (SSSR count). The van der Waals surface area contributed by atoms with Gasteiger partial charge in [0, 0.05) is 39.1 Å². The van der Waals surface area contributed by atoms with E-state index in [1.165, 1.54) is 19.1 Å². The highest BCUT2D eigenvalue weighted by Gasteiger charge is 2.43. The number of amides is 4. The molecular formula is C39H64N8O8. The van der Waals surface area contributed by atoms with Gasteiger partial charge in [0.25, 0.3) is 0 Å². The number of hydrogen-bond donors (Lipinski definition) is 3. The predicted molar refractivity (Wildman–Crippen MR) is 209 cm³/mol. The summed E-state index contributed by atoms with van der Waals surface area (Å²) >= 11 is 0. The van der Waals surface area contributed by atoms with Crippen LogP contribution in [-0.4, -0.2) is 140 Å². The third kappa shape index (κ3) is 12.6. The topological polar surface area (TPSA) is 207 Å². The van der Waals surface area contributed by atoms with Crippen molar-refractivity contribution in [2.24, 2.45) is 22.9 Å². The Morgan fingerprint density at radius 3 is 2.15 bits per heavy atom. The number of ether oxygens (including phenoxy) is 2. The molecule has 0 radical (unpaired) electrons. The summed E-state index contributed by atoms with van der Waals surface area (Å²) in [5.41, 5.74) is 10.0. The van der Waals surface area contributed by atoms with E-state index < -0.39 is 72.2 Å². The molecule has 1 fully saturated rings. The van der Waals surface area contributed by atoms with Gasteiger partial charge in [-0.25, -0.2) is 4.79 Å². The van der Waals surface area contributed by atoms with E-state index in [0.29, 0.717) is 25.8 Å². The Labute approximate surface area is 326 Å². The summed E-state index contributed by atoms with van der Waals surface area (Å²) < 4.78 is 11.8. The zero-order valence-electron chi connectivity index (χ0n) is 34.5. The van der Waals surface area contributed by atoms with Crippen molar-refractivity contribution in [1.82, 2.24) is 25.3 Å². The molecule has 1 aromatic rings. The maximum atomic E-state index is 14.3. The Hall–Kier alpha value is -4.24. The van der Waals surface area contributed by atoms with Crippen molar-refractivity contribution in [2.45, 2.75) is 122 Å². The number of likely N-dealkylation sites (N-methyl/N-ethyl adjacent to an activating group) is 2. The van der Waals surface area contributed by atoms with Gasteiger partial charge in [-0.3, -0.25) is 24.1 Å². The maximum absolute atomic E-state index is 14.3. The summed E-state index contributed by atoms with van der Waals surface area (Å²) in [6.07, 6.45) is 0.419. The minimum Gasteiger partial charge on any atom is -0.480 e. The van der Waals surface area contributed by atoms with Gasteiger partial charge in [0.15, 0.2) is 0 Å². The smallest absolute Gasteiger partial charge is 0.326 e. The molecule has 0 spiro atoms. The summed E-state index contributed by atoms with van der Waals surface area (Å²) in [5, 5.41) is 19.1. The van der Waals surface area contributed by atoms with Gasteiger partial charge in [0.2, 0.25) is 23.6 Å². The van der Waals surface area contributed by atoms with Crippen LogP contribution >= 0.6 is 0 Å². The summed E-state index contributed by atoms with van der Waals surface area (Å²) in [6.45, 7) is 11.4. The van der Waals surface area contributed by atoms with Gasteiger partial charge in [0.1, 0.15) is 12.1 Å². The molecule has 0 aliphatic carbocycles. The molecule has 308 valence electrons. The van der Waals surface area contributed by atoms with Crippen LogP contribution in [0.1, 0.15) is 72.8 Å². The first-order valence-corrected chi connectivity index (χ1v) is 19.1. The Kier molecular flexibility index (Phi) is 19.1.